The molecule has 0 aliphatic carbocycles. The zero-order valence-electron chi connectivity index (χ0n) is 12.7. The van der Waals surface area contributed by atoms with Crippen LogP contribution in [0.3, 0.4) is 0 Å². The number of rotatable bonds is 6. The van der Waals surface area contributed by atoms with E-state index in [-0.39, 0.29) is 28.8 Å². The number of carbonyl (C=O) groups is 1. The largest absolute Gasteiger partial charge is 0.503 e. The number of hydrogen-bond acceptors (Lipinski definition) is 6. The maximum atomic E-state index is 11.8. The Kier molecular flexibility index (Phi) is 5.95. The van der Waals surface area contributed by atoms with Gasteiger partial charge in [0.15, 0.2) is 11.5 Å². The predicted octanol–water partition coefficient (Wildman–Crippen LogP) is 2.90. The minimum atomic E-state index is -0.259. The second kappa shape index (κ2) is 7.94. The molecule has 0 unspecified atom stereocenters. The molecule has 0 saturated heterocycles. The second-order valence-electron chi connectivity index (χ2n) is 4.64. The van der Waals surface area contributed by atoms with Crippen LogP contribution in [0, 0.1) is 6.92 Å². The molecule has 0 spiro atoms. The Bertz CT molecular complexity index is 731. The Balaban J connectivity index is 1.98. The lowest BCUT2D eigenvalue weighted by Crippen LogP contribution is -2.19. The van der Waals surface area contributed by atoms with Crippen LogP contribution in [-0.2, 0) is 11.2 Å². The summed E-state index contributed by atoms with van der Waals surface area (Å²) in [6.45, 7) is 4.07. The number of phenols is 1. The summed E-state index contributed by atoms with van der Waals surface area (Å²) < 4.78 is 5.28. The maximum absolute atomic E-state index is 11.8. The fraction of sp³-hybridized carbons (Fsp3) is 0.267. The topological polar surface area (TPSA) is 83.8 Å². The van der Waals surface area contributed by atoms with Crippen molar-refractivity contribution in [2.75, 3.05) is 6.61 Å². The van der Waals surface area contributed by atoms with Crippen molar-refractivity contribution in [3.63, 3.8) is 0 Å². The summed E-state index contributed by atoms with van der Waals surface area (Å²) in [6, 6.07) is 3.11. The van der Waals surface area contributed by atoms with Gasteiger partial charge in [0, 0.05) is 11.1 Å². The highest BCUT2D eigenvalue weighted by Crippen LogP contribution is 2.34. The lowest BCUT2D eigenvalue weighted by Gasteiger charge is -2.08. The smallest absolute Gasteiger partial charge is 0.246 e. The molecule has 0 saturated carbocycles. The number of nitrogens with one attached hydrogen (secondary N) is 1. The van der Waals surface area contributed by atoms with Gasteiger partial charge in [-0.1, -0.05) is 11.6 Å². The number of hydrogen-bond donors (Lipinski definition) is 2. The number of phenolic OH excluding ortho intramolecular Hbond substituents is 1. The van der Waals surface area contributed by atoms with Gasteiger partial charge in [0.05, 0.1) is 24.3 Å². The number of nitrogens with zero attached hydrogens (tertiary/aromatic N) is 2. The molecule has 1 aromatic carbocycles. The van der Waals surface area contributed by atoms with Crippen molar-refractivity contribution in [1.82, 2.24) is 10.4 Å². The molecule has 0 aliphatic heterocycles. The van der Waals surface area contributed by atoms with Crippen LogP contribution in [0.2, 0.25) is 5.02 Å². The van der Waals surface area contributed by atoms with Crippen LogP contribution in [-0.4, -0.2) is 28.8 Å². The van der Waals surface area contributed by atoms with Crippen LogP contribution in [0.25, 0.3) is 0 Å². The van der Waals surface area contributed by atoms with Crippen LogP contribution >= 0.6 is 22.9 Å². The van der Waals surface area contributed by atoms with Crippen molar-refractivity contribution in [2.45, 2.75) is 20.3 Å². The normalized spacial score (nSPS) is 10.9. The summed E-state index contributed by atoms with van der Waals surface area (Å²) in [4.78, 5) is 16.0. The Labute approximate surface area is 142 Å². The molecule has 0 radical (unpaired) electrons. The summed E-state index contributed by atoms with van der Waals surface area (Å²) >= 11 is 7.35. The van der Waals surface area contributed by atoms with Gasteiger partial charge in [-0.05, 0) is 31.5 Å². The molecule has 1 heterocycles. The monoisotopic (exact) mass is 353 g/mol. The third-order valence-corrected chi connectivity index (χ3v) is 3.99. The first-order chi connectivity index (χ1) is 11.0. The molecule has 122 valence electrons. The van der Waals surface area contributed by atoms with Gasteiger partial charge in [-0.3, -0.25) is 4.79 Å². The molecule has 2 N–H and O–H groups in total. The highest BCUT2D eigenvalue weighted by molar-refractivity contribution is 7.09. The zero-order chi connectivity index (χ0) is 16.8. The molecule has 1 aromatic heterocycles. The highest BCUT2D eigenvalue weighted by Gasteiger charge is 2.09. The summed E-state index contributed by atoms with van der Waals surface area (Å²) in [6.07, 6.45) is 1.61. The van der Waals surface area contributed by atoms with Gasteiger partial charge >= 0.3 is 0 Å². The fourth-order valence-electron chi connectivity index (χ4n) is 1.77. The van der Waals surface area contributed by atoms with Crippen molar-refractivity contribution in [3.8, 4) is 11.5 Å². The van der Waals surface area contributed by atoms with Gasteiger partial charge in [-0.15, -0.1) is 11.3 Å². The number of thiazole rings is 1. The molecule has 0 bridgehead atoms. The van der Waals surface area contributed by atoms with Crippen LogP contribution in [0.1, 0.15) is 23.2 Å². The Morgan fingerprint density at radius 1 is 1.57 bits per heavy atom. The first-order valence-electron chi connectivity index (χ1n) is 6.87. The number of aromatic nitrogens is 1. The molecule has 1 amide bonds. The minimum Gasteiger partial charge on any atom is -0.503 e. The van der Waals surface area contributed by atoms with Crippen LogP contribution in [0.4, 0.5) is 0 Å². The maximum Gasteiger partial charge on any atom is 0.246 e. The SMILES string of the molecule is CCOc1cc(/C=N/NC(=O)Cc2nc(C)cs2)cc(Cl)c1O. The quantitative estimate of drug-likeness (QED) is 0.617. The zero-order valence-corrected chi connectivity index (χ0v) is 14.2. The van der Waals surface area contributed by atoms with Gasteiger partial charge in [0.1, 0.15) is 5.01 Å². The predicted molar refractivity (Wildman–Crippen MR) is 90.6 cm³/mol. The van der Waals surface area contributed by atoms with Gasteiger partial charge in [0.2, 0.25) is 5.91 Å². The van der Waals surface area contributed by atoms with Crippen molar-refractivity contribution >= 4 is 35.1 Å². The lowest BCUT2D eigenvalue weighted by atomic mass is 10.2. The average Bonchev–Trinajstić information content (AvgIpc) is 2.89. The van der Waals surface area contributed by atoms with Crippen LogP contribution in [0.15, 0.2) is 22.6 Å². The number of halogens is 1. The van der Waals surface area contributed by atoms with Crippen molar-refractivity contribution in [1.29, 1.82) is 0 Å². The van der Waals surface area contributed by atoms with E-state index < -0.39 is 0 Å². The number of aryl methyl sites for hydroxylation is 1. The van der Waals surface area contributed by atoms with E-state index in [1.807, 2.05) is 12.3 Å². The number of amides is 1. The first kappa shape index (κ1) is 17.2. The van der Waals surface area contributed by atoms with E-state index in [1.54, 1.807) is 13.0 Å². The number of carbonyl (C=O) groups excluding carboxylic acids is 1. The fourth-order valence-corrected chi connectivity index (χ4v) is 2.76. The number of aromatic hydroxyl groups is 1. The van der Waals surface area contributed by atoms with Gasteiger partial charge < -0.3 is 9.84 Å². The molecular formula is C15H16ClN3O3S. The van der Waals surface area contributed by atoms with E-state index in [9.17, 15) is 9.90 Å². The van der Waals surface area contributed by atoms with E-state index in [0.717, 1.165) is 10.7 Å². The lowest BCUT2D eigenvalue weighted by molar-refractivity contribution is -0.120. The molecule has 23 heavy (non-hydrogen) atoms. The number of benzene rings is 1. The minimum absolute atomic E-state index is 0.117. The molecule has 0 aliphatic rings. The van der Waals surface area contributed by atoms with Gasteiger partial charge in [0.25, 0.3) is 0 Å². The van der Waals surface area contributed by atoms with Crippen molar-refractivity contribution in [3.05, 3.63) is 38.8 Å². The highest BCUT2D eigenvalue weighted by atomic mass is 35.5. The van der Waals surface area contributed by atoms with E-state index in [1.165, 1.54) is 23.6 Å². The van der Waals surface area contributed by atoms with Crippen LogP contribution < -0.4 is 10.2 Å². The second-order valence-corrected chi connectivity index (χ2v) is 5.98. The summed E-state index contributed by atoms with van der Waals surface area (Å²) in [5.41, 5.74) is 3.92. The Morgan fingerprint density at radius 2 is 2.35 bits per heavy atom. The number of hydrazone groups is 1. The summed E-state index contributed by atoms with van der Waals surface area (Å²) in [5.74, 6) is -0.106. The Morgan fingerprint density at radius 3 is 3.00 bits per heavy atom. The van der Waals surface area contributed by atoms with Crippen LogP contribution in [0.5, 0.6) is 11.5 Å². The molecular weight excluding hydrogens is 338 g/mol. The van der Waals surface area contributed by atoms with E-state index in [4.69, 9.17) is 16.3 Å². The summed E-state index contributed by atoms with van der Waals surface area (Å²) in [5, 5.41) is 16.4. The van der Waals surface area contributed by atoms with E-state index in [2.05, 4.69) is 15.5 Å². The van der Waals surface area contributed by atoms with E-state index >= 15 is 0 Å². The third kappa shape index (κ3) is 4.94. The molecule has 2 rings (SSSR count). The molecule has 8 heteroatoms. The van der Waals surface area contributed by atoms with Crippen molar-refractivity contribution < 1.29 is 14.6 Å². The van der Waals surface area contributed by atoms with Crippen molar-refractivity contribution in [2.24, 2.45) is 5.10 Å². The number of ether oxygens (including phenoxy) is 1. The average molecular weight is 354 g/mol. The molecule has 6 nitrogen and oxygen atoms in total. The molecule has 0 fully saturated rings. The van der Waals surface area contributed by atoms with Gasteiger partial charge in [-0.25, -0.2) is 10.4 Å². The molecule has 0 atom stereocenters. The van der Waals surface area contributed by atoms with Gasteiger partial charge in [-0.2, -0.15) is 5.10 Å². The standard InChI is InChI=1S/C15H16ClN3O3S/c1-3-22-12-5-10(4-11(16)15(12)21)7-17-19-13(20)6-14-18-9(2)8-23-14/h4-5,7-8,21H,3,6H2,1-2H3,(H,19,20)/b17-7+. The summed E-state index contributed by atoms with van der Waals surface area (Å²) in [7, 11) is 0. The Hall–Kier alpha value is -2.12. The molecule has 2 aromatic rings. The third-order valence-electron chi connectivity index (χ3n) is 2.73. The van der Waals surface area contributed by atoms with E-state index in [0.29, 0.717) is 12.2 Å². The first-order valence-corrected chi connectivity index (χ1v) is 8.13.